The number of benzene rings is 1. The molecule has 1 saturated heterocycles. The molecule has 0 radical (unpaired) electrons. The molecule has 0 unspecified atom stereocenters. The molecule has 0 aliphatic carbocycles. The number of hydrogen-bond donors (Lipinski definition) is 1. The zero-order valence-corrected chi connectivity index (χ0v) is 16.6. The third-order valence-electron chi connectivity index (χ3n) is 3.82. The minimum absolute atomic E-state index is 0.0653. The molecule has 1 atom stereocenters. The lowest BCUT2D eigenvalue weighted by Gasteiger charge is -2.27. The van der Waals surface area contributed by atoms with E-state index in [9.17, 15) is 9.59 Å². The SMILES string of the molecule is COc1ccc(Cl)cc1/C(N)=N/OC(=O)[C@@H]1CCCN1C(=O)OC(C)(C)C. The number of hydrogen-bond acceptors (Lipinski definition) is 6. The van der Waals surface area contributed by atoms with E-state index in [4.69, 9.17) is 31.6 Å². The molecule has 2 rings (SSSR count). The second-order valence-corrected chi connectivity index (χ2v) is 7.50. The molecule has 1 amide bonds. The average molecular weight is 398 g/mol. The molecule has 1 aromatic carbocycles. The topological polar surface area (TPSA) is 103 Å². The number of amides is 1. The Balaban J connectivity index is 2.09. The van der Waals surface area contributed by atoms with Crippen LogP contribution in [0.3, 0.4) is 0 Å². The predicted molar refractivity (Wildman–Crippen MR) is 101 cm³/mol. The summed E-state index contributed by atoms with van der Waals surface area (Å²) >= 11 is 5.96. The summed E-state index contributed by atoms with van der Waals surface area (Å²) in [5, 5.41) is 4.12. The van der Waals surface area contributed by atoms with Crippen LogP contribution in [0.4, 0.5) is 4.79 Å². The van der Waals surface area contributed by atoms with E-state index in [-0.39, 0.29) is 5.84 Å². The molecular weight excluding hydrogens is 374 g/mol. The summed E-state index contributed by atoms with van der Waals surface area (Å²) in [7, 11) is 1.48. The number of nitrogens with two attached hydrogens (primary N) is 1. The molecule has 0 saturated carbocycles. The van der Waals surface area contributed by atoms with Crippen LogP contribution in [0.15, 0.2) is 23.4 Å². The van der Waals surface area contributed by atoms with Gasteiger partial charge in [0, 0.05) is 11.6 Å². The molecule has 1 aliphatic heterocycles. The van der Waals surface area contributed by atoms with Crippen molar-refractivity contribution in [3.05, 3.63) is 28.8 Å². The summed E-state index contributed by atoms with van der Waals surface area (Å²) < 4.78 is 10.5. The molecular formula is C18H24ClN3O5. The van der Waals surface area contributed by atoms with Crippen LogP contribution in [-0.2, 0) is 14.4 Å². The first kappa shape index (κ1) is 20.8. The monoisotopic (exact) mass is 397 g/mol. The highest BCUT2D eigenvalue weighted by Gasteiger charge is 2.38. The minimum Gasteiger partial charge on any atom is -0.496 e. The number of rotatable bonds is 4. The first-order chi connectivity index (χ1) is 12.6. The third-order valence-corrected chi connectivity index (χ3v) is 4.06. The first-order valence-corrected chi connectivity index (χ1v) is 8.88. The van der Waals surface area contributed by atoms with E-state index in [1.54, 1.807) is 39.0 Å². The zero-order chi connectivity index (χ0) is 20.2. The fraction of sp³-hybridized carbons (Fsp3) is 0.500. The number of amidine groups is 1. The Morgan fingerprint density at radius 3 is 2.67 bits per heavy atom. The zero-order valence-electron chi connectivity index (χ0n) is 15.8. The molecule has 8 nitrogen and oxygen atoms in total. The second-order valence-electron chi connectivity index (χ2n) is 7.06. The van der Waals surface area contributed by atoms with Crippen molar-refractivity contribution < 1.29 is 23.9 Å². The maximum absolute atomic E-state index is 12.4. The maximum atomic E-state index is 12.4. The number of ether oxygens (including phenoxy) is 2. The number of oxime groups is 1. The lowest BCUT2D eigenvalue weighted by molar-refractivity contribution is -0.148. The van der Waals surface area contributed by atoms with Crippen molar-refractivity contribution >= 4 is 29.5 Å². The molecule has 9 heteroatoms. The van der Waals surface area contributed by atoms with Gasteiger partial charge in [0.2, 0.25) is 0 Å². The quantitative estimate of drug-likeness (QED) is 0.362. The molecule has 1 heterocycles. The summed E-state index contributed by atoms with van der Waals surface area (Å²) in [6.45, 7) is 5.70. The fourth-order valence-corrected chi connectivity index (χ4v) is 2.81. The van der Waals surface area contributed by atoms with Crippen LogP contribution < -0.4 is 10.5 Å². The first-order valence-electron chi connectivity index (χ1n) is 8.50. The second kappa shape index (κ2) is 8.47. The average Bonchev–Trinajstić information content (AvgIpc) is 3.07. The Morgan fingerprint density at radius 2 is 2.04 bits per heavy atom. The van der Waals surface area contributed by atoms with Crippen molar-refractivity contribution in [1.29, 1.82) is 0 Å². The van der Waals surface area contributed by atoms with Crippen LogP contribution in [0.25, 0.3) is 0 Å². The third kappa shape index (κ3) is 5.50. The van der Waals surface area contributed by atoms with Crippen molar-refractivity contribution in [2.24, 2.45) is 10.9 Å². The lowest BCUT2D eigenvalue weighted by Crippen LogP contribution is -2.43. The summed E-state index contributed by atoms with van der Waals surface area (Å²) in [4.78, 5) is 31.0. The van der Waals surface area contributed by atoms with Gasteiger partial charge in [-0.1, -0.05) is 16.8 Å². The Labute approximate surface area is 163 Å². The number of carbonyl (C=O) groups is 2. The Morgan fingerprint density at radius 1 is 1.33 bits per heavy atom. The molecule has 148 valence electrons. The van der Waals surface area contributed by atoms with Crippen LogP contribution >= 0.6 is 11.6 Å². The molecule has 2 N–H and O–H groups in total. The van der Waals surface area contributed by atoms with E-state index >= 15 is 0 Å². The van der Waals surface area contributed by atoms with E-state index in [1.165, 1.54) is 12.0 Å². The Kier molecular flexibility index (Phi) is 6.54. The Hall–Kier alpha value is -2.48. The van der Waals surface area contributed by atoms with Crippen molar-refractivity contribution in [2.75, 3.05) is 13.7 Å². The van der Waals surface area contributed by atoms with Gasteiger partial charge in [-0.05, 0) is 51.8 Å². The fourth-order valence-electron chi connectivity index (χ4n) is 2.64. The molecule has 1 aliphatic rings. The highest BCUT2D eigenvalue weighted by atomic mass is 35.5. The smallest absolute Gasteiger partial charge is 0.411 e. The van der Waals surface area contributed by atoms with Crippen LogP contribution in [0.1, 0.15) is 39.2 Å². The molecule has 0 bridgehead atoms. The van der Waals surface area contributed by atoms with E-state index < -0.39 is 23.7 Å². The van der Waals surface area contributed by atoms with Gasteiger partial charge >= 0.3 is 12.1 Å². The molecule has 0 aromatic heterocycles. The number of carbonyl (C=O) groups excluding carboxylic acids is 2. The van der Waals surface area contributed by atoms with Crippen molar-refractivity contribution in [2.45, 2.75) is 45.3 Å². The highest BCUT2D eigenvalue weighted by molar-refractivity contribution is 6.31. The van der Waals surface area contributed by atoms with Crippen LogP contribution in [-0.4, -0.2) is 48.1 Å². The van der Waals surface area contributed by atoms with Gasteiger partial charge in [0.15, 0.2) is 5.84 Å². The summed E-state index contributed by atoms with van der Waals surface area (Å²) in [6, 6.07) is 4.05. The van der Waals surface area contributed by atoms with E-state index in [0.29, 0.717) is 35.7 Å². The van der Waals surface area contributed by atoms with Crippen molar-refractivity contribution in [1.82, 2.24) is 4.90 Å². The van der Waals surface area contributed by atoms with Gasteiger partial charge in [-0.15, -0.1) is 0 Å². The van der Waals surface area contributed by atoms with Crippen LogP contribution in [0.5, 0.6) is 5.75 Å². The van der Waals surface area contributed by atoms with Crippen LogP contribution in [0.2, 0.25) is 5.02 Å². The molecule has 27 heavy (non-hydrogen) atoms. The Bertz CT molecular complexity index is 745. The molecule has 0 spiro atoms. The van der Waals surface area contributed by atoms with E-state index in [2.05, 4.69) is 5.16 Å². The van der Waals surface area contributed by atoms with Gasteiger partial charge in [-0.3, -0.25) is 4.90 Å². The largest absolute Gasteiger partial charge is 0.496 e. The summed E-state index contributed by atoms with van der Waals surface area (Å²) in [5.74, 6) is -0.306. The standard InChI is InChI=1S/C18H24ClN3O5/c1-18(2,3)26-17(24)22-9-5-6-13(22)16(23)27-21-15(20)12-10-11(19)7-8-14(12)25-4/h7-8,10,13H,5-6,9H2,1-4H3,(H2,20,21)/t13-/m0/s1. The van der Waals surface area contributed by atoms with Gasteiger partial charge in [0.1, 0.15) is 17.4 Å². The molecule has 1 aromatic rings. The number of methoxy groups -OCH3 is 1. The lowest BCUT2D eigenvalue weighted by atomic mass is 10.2. The van der Waals surface area contributed by atoms with Gasteiger partial charge in [-0.2, -0.15) is 0 Å². The normalized spacial score (nSPS) is 17.6. The highest BCUT2D eigenvalue weighted by Crippen LogP contribution is 2.24. The van der Waals surface area contributed by atoms with Gasteiger partial charge in [0.25, 0.3) is 0 Å². The minimum atomic E-state index is -0.766. The summed E-state index contributed by atoms with van der Waals surface area (Å²) in [5.41, 5.74) is 5.64. The van der Waals surface area contributed by atoms with Crippen LogP contribution in [0, 0.1) is 0 Å². The molecule has 1 fully saturated rings. The van der Waals surface area contributed by atoms with E-state index in [0.717, 1.165) is 0 Å². The number of halogens is 1. The summed E-state index contributed by atoms with van der Waals surface area (Å²) in [6.07, 6.45) is 0.573. The number of nitrogens with zero attached hydrogens (tertiary/aromatic N) is 2. The predicted octanol–water partition coefficient (Wildman–Crippen LogP) is 2.91. The van der Waals surface area contributed by atoms with Gasteiger partial charge in [0.05, 0.1) is 12.7 Å². The van der Waals surface area contributed by atoms with Gasteiger partial charge < -0.3 is 20.0 Å². The van der Waals surface area contributed by atoms with E-state index in [1.807, 2.05) is 0 Å². The van der Waals surface area contributed by atoms with Gasteiger partial charge in [-0.25, -0.2) is 9.59 Å². The maximum Gasteiger partial charge on any atom is 0.411 e. The van der Waals surface area contributed by atoms with Crippen molar-refractivity contribution in [3.8, 4) is 5.75 Å². The van der Waals surface area contributed by atoms with Crippen molar-refractivity contribution in [3.63, 3.8) is 0 Å². The number of likely N-dealkylation sites (tertiary alicyclic amines) is 1.